The molecule has 0 spiro atoms. The van der Waals surface area contributed by atoms with E-state index in [4.69, 9.17) is 16.3 Å². The number of amidine groups is 1. The number of halogens is 1. The molecule has 0 radical (unpaired) electrons. The summed E-state index contributed by atoms with van der Waals surface area (Å²) >= 11 is 3.40. The van der Waals surface area contributed by atoms with Gasteiger partial charge in [0.15, 0.2) is 17.3 Å². The van der Waals surface area contributed by atoms with Gasteiger partial charge >= 0.3 is 0 Å². The molecular formula is C10H10BrN5O2. The van der Waals surface area contributed by atoms with Crippen LogP contribution in [0.1, 0.15) is 11.3 Å². The predicted octanol–water partition coefficient (Wildman–Crippen LogP) is 1.25. The van der Waals surface area contributed by atoms with Crippen molar-refractivity contribution >= 4 is 27.6 Å². The van der Waals surface area contributed by atoms with E-state index < -0.39 is 0 Å². The zero-order valence-electron chi connectivity index (χ0n) is 9.21. The zero-order chi connectivity index (χ0) is 13.0. The lowest BCUT2D eigenvalue weighted by atomic mass is 10.2. The molecule has 2 rings (SSSR count). The van der Waals surface area contributed by atoms with Crippen molar-refractivity contribution in [2.45, 2.75) is 6.61 Å². The topological polar surface area (TPSA) is 113 Å². The summed E-state index contributed by atoms with van der Waals surface area (Å²) in [6.45, 7) is 0.271. The molecule has 1 aromatic heterocycles. The molecule has 2 aromatic rings. The van der Waals surface area contributed by atoms with Gasteiger partial charge in [0, 0.05) is 10.0 Å². The first-order chi connectivity index (χ1) is 8.68. The lowest BCUT2D eigenvalue weighted by Crippen LogP contribution is -2.16. The maximum absolute atomic E-state index is 5.61. The molecule has 0 bridgehead atoms. The maximum atomic E-state index is 5.61. The smallest absolute Gasteiger partial charge is 0.199 e. The highest BCUT2D eigenvalue weighted by Gasteiger charge is 2.11. The molecule has 0 saturated heterocycles. The molecule has 0 aliphatic carbocycles. The fourth-order valence-electron chi connectivity index (χ4n) is 1.20. The van der Waals surface area contributed by atoms with E-state index in [0.717, 1.165) is 10.0 Å². The van der Waals surface area contributed by atoms with Crippen molar-refractivity contribution in [1.82, 2.24) is 10.3 Å². The summed E-state index contributed by atoms with van der Waals surface area (Å²) < 4.78 is 5.33. The summed E-state index contributed by atoms with van der Waals surface area (Å²) in [7, 11) is 0. The lowest BCUT2D eigenvalue weighted by Gasteiger charge is -2.02. The van der Waals surface area contributed by atoms with Crippen LogP contribution < -0.4 is 11.5 Å². The second-order valence-corrected chi connectivity index (χ2v) is 4.19. The average Bonchev–Trinajstić information content (AvgIpc) is 2.78. The van der Waals surface area contributed by atoms with Gasteiger partial charge in [0.05, 0.1) is 0 Å². The summed E-state index contributed by atoms with van der Waals surface area (Å²) in [5.41, 5.74) is 12.2. The summed E-state index contributed by atoms with van der Waals surface area (Å²) in [6.07, 6.45) is 0. The lowest BCUT2D eigenvalue weighted by molar-refractivity contribution is 0.130. The van der Waals surface area contributed by atoms with Gasteiger partial charge in [0.1, 0.15) is 6.61 Å². The highest BCUT2D eigenvalue weighted by Crippen LogP contribution is 2.16. The van der Waals surface area contributed by atoms with Crippen LogP contribution in [0.2, 0.25) is 0 Å². The fourth-order valence-corrected chi connectivity index (χ4v) is 1.60. The molecule has 18 heavy (non-hydrogen) atoms. The van der Waals surface area contributed by atoms with Crippen molar-refractivity contribution in [3.05, 3.63) is 40.0 Å². The predicted molar refractivity (Wildman–Crippen MR) is 68.4 cm³/mol. The van der Waals surface area contributed by atoms with Crippen LogP contribution >= 0.6 is 15.9 Å². The molecule has 0 fully saturated rings. The van der Waals surface area contributed by atoms with Crippen LogP contribution in [0.3, 0.4) is 0 Å². The monoisotopic (exact) mass is 311 g/mol. The highest BCUT2D eigenvalue weighted by atomic mass is 79.9. The Bertz CT molecular complexity index is 569. The quantitative estimate of drug-likeness (QED) is 0.499. The van der Waals surface area contributed by atoms with Gasteiger partial charge in [-0.3, -0.25) is 0 Å². The van der Waals surface area contributed by atoms with Gasteiger partial charge in [-0.25, -0.2) is 4.63 Å². The van der Waals surface area contributed by atoms with Gasteiger partial charge in [-0.05, 0) is 16.4 Å². The van der Waals surface area contributed by atoms with Gasteiger partial charge in [0.2, 0.25) is 0 Å². The van der Waals surface area contributed by atoms with E-state index >= 15 is 0 Å². The minimum atomic E-state index is 0.0146. The zero-order valence-corrected chi connectivity index (χ0v) is 10.8. The van der Waals surface area contributed by atoms with Gasteiger partial charge in [-0.2, -0.15) is 0 Å². The van der Waals surface area contributed by atoms with Crippen LogP contribution in [0.4, 0.5) is 5.82 Å². The Kier molecular flexibility index (Phi) is 3.78. The molecule has 0 saturated carbocycles. The first-order valence-electron chi connectivity index (χ1n) is 4.95. The first kappa shape index (κ1) is 12.4. The molecule has 1 aromatic carbocycles. The Morgan fingerprint density at radius 2 is 2.17 bits per heavy atom. The number of nitrogens with zero attached hydrogens (tertiary/aromatic N) is 3. The second-order valence-electron chi connectivity index (χ2n) is 3.34. The molecule has 4 N–H and O–H groups in total. The molecule has 1 heterocycles. The summed E-state index contributed by atoms with van der Waals surface area (Å²) in [5, 5.41) is 10.6. The third-order valence-corrected chi connectivity index (χ3v) is 2.87. The summed E-state index contributed by atoms with van der Waals surface area (Å²) in [6, 6.07) is 7.62. The number of nitrogens with two attached hydrogens (primary N) is 2. The molecule has 0 unspecified atom stereocenters. The van der Waals surface area contributed by atoms with Gasteiger partial charge in [-0.15, -0.1) is 0 Å². The normalized spacial score (nSPS) is 11.5. The van der Waals surface area contributed by atoms with E-state index in [1.54, 1.807) is 0 Å². The molecule has 0 aliphatic heterocycles. The van der Waals surface area contributed by atoms with Crippen molar-refractivity contribution in [3.8, 4) is 0 Å². The number of hydrogen-bond acceptors (Lipinski definition) is 6. The van der Waals surface area contributed by atoms with E-state index in [1.807, 2.05) is 24.3 Å². The third-order valence-electron chi connectivity index (χ3n) is 2.10. The first-order valence-corrected chi connectivity index (χ1v) is 5.75. The number of oxime groups is 1. The minimum Gasteiger partial charge on any atom is -0.389 e. The Hall–Kier alpha value is -2.09. The standard InChI is InChI=1S/C10H10BrN5O2/c11-7-4-2-1-3-6(7)5-17-15-9(12)8-10(13)16-18-14-8/h1-4H,5H2,(H2,12,15)(H2,13,16). The summed E-state index contributed by atoms with van der Waals surface area (Å²) in [5.74, 6) is 0.0848. The largest absolute Gasteiger partial charge is 0.389 e. The van der Waals surface area contributed by atoms with Crippen LogP contribution in [0, 0.1) is 0 Å². The number of hydrogen-bond donors (Lipinski definition) is 2. The third kappa shape index (κ3) is 2.77. The SMILES string of the molecule is N/C(=N\OCc1ccccc1Br)c1nonc1N. The van der Waals surface area contributed by atoms with E-state index in [-0.39, 0.29) is 24.0 Å². The number of rotatable bonds is 4. The maximum Gasteiger partial charge on any atom is 0.199 e. The van der Waals surface area contributed by atoms with E-state index in [9.17, 15) is 0 Å². The van der Waals surface area contributed by atoms with Crippen molar-refractivity contribution in [2.75, 3.05) is 5.73 Å². The molecule has 0 atom stereocenters. The van der Waals surface area contributed by atoms with Crippen LogP contribution in [0.5, 0.6) is 0 Å². The Morgan fingerprint density at radius 3 is 2.83 bits per heavy atom. The Labute approximate surface area is 111 Å². The van der Waals surface area contributed by atoms with Gasteiger partial charge < -0.3 is 16.3 Å². The van der Waals surface area contributed by atoms with Crippen molar-refractivity contribution in [1.29, 1.82) is 0 Å². The number of nitrogen functional groups attached to an aromatic ring is 1. The molecule has 0 aliphatic rings. The fraction of sp³-hybridized carbons (Fsp3) is 0.100. The van der Waals surface area contributed by atoms with Crippen molar-refractivity contribution in [3.63, 3.8) is 0 Å². The average molecular weight is 312 g/mol. The van der Waals surface area contributed by atoms with Gasteiger partial charge in [-0.1, -0.05) is 39.3 Å². The molecule has 94 valence electrons. The molecule has 8 heteroatoms. The number of aromatic nitrogens is 2. The van der Waals surface area contributed by atoms with Crippen molar-refractivity contribution < 1.29 is 9.47 Å². The highest BCUT2D eigenvalue weighted by molar-refractivity contribution is 9.10. The van der Waals surface area contributed by atoms with Gasteiger partial charge in [0.25, 0.3) is 0 Å². The number of benzene rings is 1. The van der Waals surface area contributed by atoms with Crippen LogP contribution in [0.15, 0.2) is 38.5 Å². The van der Waals surface area contributed by atoms with E-state index in [2.05, 4.69) is 36.0 Å². The Balaban J connectivity index is 2.00. The molecule has 0 amide bonds. The Morgan fingerprint density at radius 1 is 1.39 bits per heavy atom. The number of anilines is 1. The second kappa shape index (κ2) is 5.50. The van der Waals surface area contributed by atoms with Crippen LogP contribution in [-0.2, 0) is 11.4 Å². The van der Waals surface area contributed by atoms with E-state index in [0.29, 0.717) is 0 Å². The van der Waals surface area contributed by atoms with Crippen LogP contribution in [0.25, 0.3) is 0 Å². The van der Waals surface area contributed by atoms with Crippen LogP contribution in [-0.4, -0.2) is 16.1 Å². The minimum absolute atomic E-state index is 0.0146. The molecular weight excluding hydrogens is 302 g/mol. The molecule has 7 nitrogen and oxygen atoms in total. The van der Waals surface area contributed by atoms with E-state index in [1.165, 1.54) is 0 Å². The van der Waals surface area contributed by atoms with Crippen molar-refractivity contribution in [2.24, 2.45) is 10.9 Å². The summed E-state index contributed by atoms with van der Waals surface area (Å²) in [4.78, 5) is 5.11.